The van der Waals surface area contributed by atoms with Crippen LogP contribution < -0.4 is 0 Å². The van der Waals surface area contributed by atoms with Crippen LogP contribution in [0.3, 0.4) is 0 Å². The van der Waals surface area contributed by atoms with Gasteiger partial charge >= 0.3 is 16.5 Å². The second-order valence-electron chi connectivity index (χ2n) is 4.36. The molecule has 0 saturated heterocycles. The van der Waals surface area contributed by atoms with Gasteiger partial charge in [0.2, 0.25) is 0 Å². The van der Waals surface area contributed by atoms with Crippen LogP contribution in [0.1, 0.15) is 32.1 Å². The predicted octanol–water partition coefficient (Wildman–Crippen LogP) is 2.52. The predicted molar refractivity (Wildman–Crippen MR) is 71.2 cm³/mol. The second kappa shape index (κ2) is 7.68. The van der Waals surface area contributed by atoms with Crippen LogP contribution in [-0.4, -0.2) is 25.0 Å². The molecule has 1 fully saturated rings. The molecule has 0 aromatic heterocycles. The van der Waals surface area contributed by atoms with Crippen molar-refractivity contribution in [3.8, 4) is 0 Å². The third-order valence-electron chi connectivity index (χ3n) is 2.99. The molecule has 104 valence electrons. The Morgan fingerprint density at radius 2 is 1.37 bits per heavy atom. The lowest BCUT2D eigenvalue weighted by Gasteiger charge is -2.26. The summed E-state index contributed by atoms with van der Waals surface area (Å²) < 4.78 is 24.0. The highest BCUT2D eigenvalue weighted by Gasteiger charge is 2.40. The zero-order chi connectivity index (χ0) is 14.1. The summed E-state index contributed by atoms with van der Waals surface area (Å²) in [4.78, 5) is 10.8. The molecule has 0 bridgehead atoms. The van der Waals surface area contributed by atoms with Gasteiger partial charge < -0.3 is 5.11 Å². The van der Waals surface area contributed by atoms with Crippen molar-refractivity contribution in [1.29, 1.82) is 0 Å². The number of hydrogen-bond donors (Lipinski definition) is 1. The smallest absolute Gasteiger partial charge is 0.332 e. The summed E-state index contributed by atoms with van der Waals surface area (Å²) in [7, 11) is -2.63. The Balaban J connectivity index is 0.000000250. The maximum absolute atomic E-state index is 10.8. The van der Waals surface area contributed by atoms with Gasteiger partial charge in [-0.25, -0.2) is 4.79 Å². The fourth-order valence-corrected chi connectivity index (χ4v) is 2.55. The molecule has 0 aliphatic heterocycles. The van der Waals surface area contributed by atoms with E-state index in [1.807, 2.05) is 36.4 Å². The van der Waals surface area contributed by atoms with E-state index in [4.69, 9.17) is 5.11 Å². The van der Waals surface area contributed by atoms with Crippen LogP contribution in [0.5, 0.6) is 0 Å². The molecular weight excluding hydrogens is 266 g/mol. The maximum atomic E-state index is 10.8. The lowest BCUT2D eigenvalue weighted by atomic mass is 9.83. The molecule has 0 radical (unpaired) electrons. The molecule has 0 amide bonds. The van der Waals surface area contributed by atoms with E-state index in [0.29, 0.717) is 12.8 Å². The van der Waals surface area contributed by atoms with Gasteiger partial charge in [0.1, 0.15) is 0 Å². The molecule has 1 N–H and O–H groups in total. The molecule has 1 aliphatic rings. The minimum Gasteiger partial charge on any atom is -0.479 e. The van der Waals surface area contributed by atoms with E-state index in [0.717, 1.165) is 19.3 Å². The average molecular weight is 283 g/mol. The molecular formula is C13H17NO4S. The number of rotatable bonds is 2. The summed E-state index contributed by atoms with van der Waals surface area (Å²) in [5.74, 6) is -1.13. The van der Waals surface area contributed by atoms with E-state index in [1.165, 1.54) is 0 Å². The molecule has 0 atom stereocenters. The van der Waals surface area contributed by atoms with Crippen molar-refractivity contribution >= 4 is 16.5 Å². The Labute approximate surface area is 114 Å². The van der Waals surface area contributed by atoms with Gasteiger partial charge in [-0.15, -0.1) is 0 Å². The first kappa shape index (κ1) is 15.4. The standard InChI is InChI=1S/C7H11NO4S.C6H6/c9-6(10)7(8-13(11)12)4-2-1-3-5-7;1-2-4-6-5-3-1/h1-5H2,(H,9,10);1-6H. The minimum absolute atomic E-state index is 0.330. The Kier molecular flexibility index (Phi) is 6.21. The summed E-state index contributed by atoms with van der Waals surface area (Å²) in [5, 5.41) is 8.87. The molecule has 19 heavy (non-hydrogen) atoms. The normalized spacial score (nSPS) is 16.6. The summed E-state index contributed by atoms with van der Waals surface area (Å²) in [6.07, 6.45) is 3.07. The lowest BCUT2D eigenvalue weighted by molar-refractivity contribution is -0.144. The maximum Gasteiger partial charge on any atom is 0.332 e. The van der Waals surface area contributed by atoms with Crippen LogP contribution in [0.4, 0.5) is 0 Å². The third kappa shape index (κ3) is 5.21. The van der Waals surface area contributed by atoms with Gasteiger partial charge in [-0.1, -0.05) is 55.7 Å². The summed E-state index contributed by atoms with van der Waals surface area (Å²) in [6.45, 7) is 0. The van der Waals surface area contributed by atoms with Crippen molar-refractivity contribution in [1.82, 2.24) is 0 Å². The molecule has 5 nitrogen and oxygen atoms in total. The van der Waals surface area contributed by atoms with E-state index in [1.54, 1.807) is 0 Å². The van der Waals surface area contributed by atoms with Crippen LogP contribution in [0.25, 0.3) is 0 Å². The highest BCUT2D eigenvalue weighted by atomic mass is 32.2. The van der Waals surface area contributed by atoms with Crippen LogP contribution in [0.15, 0.2) is 40.8 Å². The number of carboxylic acids is 1. The highest BCUT2D eigenvalue weighted by Crippen LogP contribution is 2.31. The Morgan fingerprint density at radius 3 is 1.68 bits per heavy atom. The number of aliphatic carboxylic acids is 1. The molecule has 6 heteroatoms. The molecule has 1 saturated carbocycles. The molecule has 1 aromatic rings. The van der Waals surface area contributed by atoms with Crippen LogP contribution >= 0.6 is 0 Å². The summed E-state index contributed by atoms with van der Waals surface area (Å²) in [5.41, 5.74) is -1.37. The topological polar surface area (TPSA) is 83.8 Å². The number of benzene rings is 1. The summed E-state index contributed by atoms with van der Waals surface area (Å²) >= 11 is 0. The van der Waals surface area contributed by atoms with Crippen molar-refractivity contribution in [2.75, 3.05) is 0 Å². The zero-order valence-corrected chi connectivity index (χ0v) is 11.3. The Hall–Kier alpha value is -1.69. The average Bonchev–Trinajstić information content (AvgIpc) is 2.41. The fourth-order valence-electron chi connectivity index (χ4n) is 2.01. The van der Waals surface area contributed by atoms with E-state index in [-0.39, 0.29) is 0 Å². The van der Waals surface area contributed by atoms with Gasteiger partial charge in [0.05, 0.1) is 0 Å². The molecule has 1 aliphatic carbocycles. The summed E-state index contributed by atoms with van der Waals surface area (Å²) in [6, 6.07) is 12.0. The zero-order valence-electron chi connectivity index (χ0n) is 10.5. The van der Waals surface area contributed by atoms with Crippen LogP contribution in [-0.2, 0) is 15.3 Å². The fraction of sp³-hybridized carbons (Fsp3) is 0.462. The molecule has 2 rings (SSSR count). The lowest BCUT2D eigenvalue weighted by Crippen LogP contribution is -2.38. The number of nitrogens with zero attached hydrogens (tertiary/aromatic N) is 1. The molecule has 0 spiro atoms. The largest absolute Gasteiger partial charge is 0.479 e. The van der Waals surface area contributed by atoms with Gasteiger partial charge in [-0.2, -0.15) is 12.8 Å². The first-order valence-electron chi connectivity index (χ1n) is 6.12. The van der Waals surface area contributed by atoms with Crippen molar-refractivity contribution in [3.05, 3.63) is 36.4 Å². The quantitative estimate of drug-likeness (QED) is 0.904. The molecule has 0 heterocycles. The van der Waals surface area contributed by atoms with Gasteiger partial charge in [-0.05, 0) is 12.8 Å². The second-order valence-corrected chi connectivity index (χ2v) is 4.98. The third-order valence-corrected chi connectivity index (χ3v) is 3.49. The highest BCUT2D eigenvalue weighted by molar-refractivity contribution is 7.61. The van der Waals surface area contributed by atoms with Crippen molar-refractivity contribution in [2.24, 2.45) is 4.36 Å². The molecule has 1 aromatic carbocycles. The number of carboxylic acid groups (broad SMARTS) is 1. The van der Waals surface area contributed by atoms with Gasteiger partial charge in [0, 0.05) is 0 Å². The molecule has 0 unspecified atom stereocenters. The van der Waals surface area contributed by atoms with Gasteiger partial charge in [0.15, 0.2) is 5.54 Å². The minimum atomic E-state index is -2.63. The first-order valence-corrected chi connectivity index (χ1v) is 7.16. The van der Waals surface area contributed by atoms with Crippen molar-refractivity contribution in [3.63, 3.8) is 0 Å². The van der Waals surface area contributed by atoms with E-state index >= 15 is 0 Å². The van der Waals surface area contributed by atoms with Crippen molar-refractivity contribution < 1.29 is 18.3 Å². The van der Waals surface area contributed by atoms with E-state index in [9.17, 15) is 13.2 Å². The van der Waals surface area contributed by atoms with Gasteiger partial charge in [0.25, 0.3) is 0 Å². The van der Waals surface area contributed by atoms with E-state index < -0.39 is 22.0 Å². The number of hydrogen-bond acceptors (Lipinski definition) is 4. The number of carbonyl (C=O) groups is 1. The van der Waals surface area contributed by atoms with Gasteiger partial charge in [-0.3, -0.25) is 0 Å². The Morgan fingerprint density at radius 1 is 0.947 bits per heavy atom. The van der Waals surface area contributed by atoms with Crippen LogP contribution in [0, 0.1) is 0 Å². The first-order chi connectivity index (χ1) is 9.07. The van der Waals surface area contributed by atoms with Crippen molar-refractivity contribution in [2.45, 2.75) is 37.6 Å². The van der Waals surface area contributed by atoms with Crippen LogP contribution in [0.2, 0.25) is 0 Å². The Bertz CT molecular complexity index is 484. The van der Waals surface area contributed by atoms with E-state index in [2.05, 4.69) is 4.36 Å². The monoisotopic (exact) mass is 283 g/mol. The SMILES string of the molecule is O=C(O)C1(N=S(=O)=O)CCCCC1.c1ccccc1.